The molecule has 2 aliphatic rings. The largest absolute Gasteiger partial charge is 0.348 e. The minimum absolute atomic E-state index is 0.221. The number of rotatable bonds is 6. The summed E-state index contributed by atoms with van der Waals surface area (Å²) in [7, 11) is 3.68. The number of piperidine rings is 1. The highest BCUT2D eigenvalue weighted by Crippen LogP contribution is 2.10. The standard InChI is InChI=1S/C17H34N4O/c1-18(2)17(22)16-21-13-7-12-20(14-15-21)11-6-10-19-8-4-3-5-9-19/h3-16H2,1-2H3. The molecule has 0 N–H and O–H groups in total. The van der Waals surface area contributed by atoms with Crippen molar-refractivity contribution in [3.8, 4) is 0 Å². The Kier molecular flexibility index (Phi) is 7.63. The molecule has 2 heterocycles. The van der Waals surface area contributed by atoms with E-state index in [0.717, 1.165) is 19.6 Å². The van der Waals surface area contributed by atoms with Gasteiger partial charge in [0.15, 0.2) is 0 Å². The van der Waals surface area contributed by atoms with E-state index in [2.05, 4.69) is 14.7 Å². The minimum atomic E-state index is 0.221. The lowest BCUT2D eigenvalue weighted by Crippen LogP contribution is -2.39. The van der Waals surface area contributed by atoms with Crippen molar-refractivity contribution in [3.05, 3.63) is 0 Å². The normalized spacial score (nSPS) is 22.5. The molecular formula is C17H34N4O. The van der Waals surface area contributed by atoms with Gasteiger partial charge < -0.3 is 14.7 Å². The Morgan fingerprint density at radius 1 is 0.773 bits per heavy atom. The SMILES string of the molecule is CN(C)C(=O)CN1CCCN(CCCN2CCCCC2)CC1. The summed E-state index contributed by atoms with van der Waals surface area (Å²) in [6, 6.07) is 0. The molecule has 0 aromatic heterocycles. The topological polar surface area (TPSA) is 30.0 Å². The number of likely N-dealkylation sites (N-methyl/N-ethyl adjacent to an activating group) is 1. The maximum atomic E-state index is 11.8. The fraction of sp³-hybridized carbons (Fsp3) is 0.941. The summed E-state index contributed by atoms with van der Waals surface area (Å²) < 4.78 is 0. The Hall–Kier alpha value is -0.650. The van der Waals surface area contributed by atoms with Crippen molar-refractivity contribution >= 4 is 5.91 Å². The summed E-state index contributed by atoms with van der Waals surface area (Å²) in [6.45, 7) is 10.1. The van der Waals surface area contributed by atoms with Crippen molar-refractivity contribution in [1.82, 2.24) is 19.6 Å². The van der Waals surface area contributed by atoms with Gasteiger partial charge in [-0.2, -0.15) is 0 Å². The highest BCUT2D eigenvalue weighted by Gasteiger charge is 2.18. The molecule has 22 heavy (non-hydrogen) atoms. The van der Waals surface area contributed by atoms with Crippen LogP contribution in [0.15, 0.2) is 0 Å². The Bertz CT molecular complexity index is 329. The maximum absolute atomic E-state index is 11.8. The summed E-state index contributed by atoms with van der Waals surface area (Å²) in [5.41, 5.74) is 0. The predicted octanol–water partition coefficient (Wildman–Crippen LogP) is 0.958. The van der Waals surface area contributed by atoms with Crippen molar-refractivity contribution in [1.29, 1.82) is 0 Å². The molecule has 2 saturated heterocycles. The number of amides is 1. The molecule has 128 valence electrons. The molecule has 0 unspecified atom stereocenters. The van der Waals surface area contributed by atoms with Gasteiger partial charge in [-0.15, -0.1) is 0 Å². The summed E-state index contributed by atoms with van der Waals surface area (Å²) in [4.78, 5) is 21.0. The second kappa shape index (κ2) is 9.48. The molecule has 2 aliphatic heterocycles. The quantitative estimate of drug-likeness (QED) is 0.731. The van der Waals surface area contributed by atoms with E-state index in [0.29, 0.717) is 6.54 Å². The molecule has 2 fully saturated rings. The molecule has 0 aliphatic carbocycles. The zero-order chi connectivity index (χ0) is 15.8. The van der Waals surface area contributed by atoms with Gasteiger partial charge in [0.05, 0.1) is 6.54 Å². The molecule has 0 bridgehead atoms. The Morgan fingerprint density at radius 3 is 2.00 bits per heavy atom. The summed E-state index contributed by atoms with van der Waals surface area (Å²) in [5, 5.41) is 0. The van der Waals surface area contributed by atoms with Crippen LogP contribution in [0.1, 0.15) is 32.1 Å². The molecule has 5 nitrogen and oxygen atoms in total. The predicted molar refractivity (Wildman–Crippen MR) is 91.1 cm³/mol. The van der Waals surface area contributed by atoms with Gasteiger partial charge in [-0.05, 0) is 65.0 Å². The molecule has 1 amide bonds. The lowest BCUT2D eigenvalue weighted by molar-refractivity contribution is -0.129. The van der Waals surface area contributed by atoms with E-state index in [-0.39, 0.29) is 5.91 Å². The van der Waals surface area contributed by atoms with E-state index in [1.54, 1.807) is 4.90 Å². The third kappa shape index (κ3) is 6.23. The van der Waals surface area contributed by atoms with Crippen LogP contribution < -0.4 is 0 Å². The van der Waals surface area contributed by atoms with E-state index in [1.807, 2.05) is 14.1 Å². The molecule has 0 radical (unpaired) electrons. The minimum Gasteiger partial charge on any atom is -0.348 e. The number of nitrogens with zero attached hydrogens (tertiary/aromatic N) is 4. The van der Waals surface area contributed by atoms with Gasteiger partial charge in [0.1, 0.15) is 0 Å². The fourth-order valence-electron chi connectivity index (χ4n) is 3.44. The van der Waals surface area contributed by atoms with Crippen molar-refractivity contribution in [2.24, 2.45) is 0 Å². The van der Waals surface area contributed by atoms with E-state index in [4.69, 9.17) is 0 Å². The van der Waals surface area contributed by atoms with Crippen LogP contribution in [0.3, 0.4) is 0 Å². The molecular weight excluding hydrogens is 276 g/mol. The monoisotopic (exact) mass is 310 g/mol. The first-order chi connectivity index (χ1) is 10.6. The summed E-state index contributed by atoms with van der Waals surface area (Å²) >= 11 is 0. The molecule has 0 spiro atoms. The highest BCUT2D eigenvalue weighted by molar-refractivity contribution is 5.77. The van der Waals surface area contributed by atoms with Crippen LogP contribution in [0.25, 0.3) is 0 Å². The van der Waals surface area contributed by atoms with E-state index in [9.17, 15) is 4.79 Å². The van der Waals surface area contributed by atoms with Crippen LogP contribution in [-0.4, -0.2) is 98.5 Å². The van der Waals surface area contributed by atoms with Crippen molar-refractivity contribution < 1.29 is 4.79 Å². The number of likely N-dealkylation sites (tertiary alicyclic amines) is 1. The fourth-order valence-corrected chi connectivity index (χ4v) is 3.44. The summed E-state index contributed by atoms with van der Waals surface area (Å²) in [5.74, 6) is 0.221. The molecule has 5 heteroatoms. The molecule has 0 aromatic carbocycles. The number of hydrogen-bond acceptors (Lipinski definition) is 4. The Labute approximate surface area is 136 Å². The number of hydrogen-bond donors (Lipinski definition) is 0. The second-order valence-electron chi connectivity index (χ2n) is 7.02. The second-order valence-corrected chi connectivity index (χ2v) is 7.02. The first-order valence-corrected chi connectivity index (χ1v) is 9.02. The van der Waals surface area contributed by atoms with Crippen LogP contribution in [0, 0.1) is 0 Å². The van der Waals surface area contributed by atoms with Crippen molar-refractivity contribution in [2.45, 2.75) is 32.1 Å². The van der Waals surface area contributed by atoms with Gasteiger partial charge in [-0.3, -0.25) is 9.69 Å². The lowest BCUT2D eigenvalue weighted by Gasteiger charge is -2.28. The van der Waals surface area contributed by atoms with Gasteiger partial charge in [0.2, 0.25) is 5.91 Å². The van der Waals surface area contributed by atoms with E-state index in [1.165, 1.54) is 64.8 Å². The number of carbonyl (C=O) groups is 1. The Morgan fingerprint density at radius 2 is 1.32 bits per heavy atom. The average Bonchev–Trinajstić information content (AvgIpc) is 2.74. The third-order valence-corrected chi connectivity index (χ3v) is 4.94. The maximum Gasteiger partial charge on any atom is 0.236 e. The van der Waals surface area contributed by atoms with Gasteiger partial charge in [0, 0.05) is 27.2 Å². The molecule has 2 rings (SSSR count). The van der Waals surface area contributed by atoms with Crippen LogP contribution >= 0.6 is 0 Å². The van der Waals surface area contributed by atoms with E-state index < -0.39 is 0 Å². The van der Waals surface area contributed by atoms with Gasteiger partial charge in [-0.1, -0.05) is 6.42 Å². The van der Waals surface area contributed by atoms with Crippen molar-refractivity contribution in [3.63, 3.8) is 0 Å². The Balaban J connectivity index is 1.61. The molecule has 0 aromatic rings. The first kappa shape index (κ1) is 17.7. The average molecular weight is 310 g/mol. The van der Waals surface area contributed by atoms with Crippen LogP contribution in [-0.2, 0) is 4.79 Å². The highest BCUT2D eigenvalue weighted by atomic mass is 16.2. The van der Waals surface area contributed by atoms with Gasteiger partial charge in [-0.25, -0.2) is 0 Å². The zero-order valence-corrected chi connectivity index (χ0v) is 14.6. The van der Waals surface area contributed by atoms with Crippen LogP contribution in [0.5, 0.6) is 0 Å². The zero-order valence-electron chi connectivity index (χ0n) is 14.6. The first-order valence-electron chi connectivity index (χ1n) is 9.02. The number of carbonyl (C=O) groups excluding carboxylic acids is 1. The van der Waals surface area contributed by atoms with Crippen molar-refractivity contribution in [2.75, 3.05) is 73.0 Å². The lowest BCUT2D eigenvalue weighted by atomic mass is 10.1. The molecule has 0 saturated carbocycles. The van der Waals surface area contributed by atoms with Gasteiger partial charge in [0.25, 0.3) is 0 Å². The van der Waals surface area contributed by atoms with Crippen LogP contribution in [0.2, 0.25) is 0 Å². The summed E-state index contributed by atoms with van der Waals surface area (Å²) in [6.07, 6.45) is 6.67. The molecule has 0 atom stereocenters. The smallest absolute Gasteiger partial charge is 0.236 e. The van der Waals surface area contributed by atoms with Gasteiger partial charge >= 0.3 is 0 Å². The third-order valence-electron chi connectivity index (χ3n) is 4.94. The van der Waals surface area contributed by atoms with Crippen LogP contribution in [0.4, 0.5) is 0 Å². The van der Waals surface area contributed by atoms with E-state index >= 15 is 0 Å².